The molecule has 0 amide bonds. The fourth-order valence-electron chi connectivity index (χ4n) is 1.94. The van der Waals surface area contributed by atoms with Gasteiger partial charge in [-0.1, -0.05) is 20.8 Å². The molecule has 2 saturated heterocycles. The number of rotatable bonds is 2. The van der Waals surface area contributed by atoms with Gasteiger partial charge in [0.15, 0.2) is 0 Å². The summed E-state index contributed by atoms with van der Waals surface area (Å²) >= 11 is 0. The molecule has 108 valence electrons. The van der Waals surface area contributed by atoms with E-state index in [1.54, 1.807) is 6.92 Å². The minimum Gasteiger partial charge on any atom is -0.394 e. The van der Waals surface area contributed by atoms with Crippen molar-refractivity contribution in [3.05, 3.63) is 0 Å². The van der Waals surface area contributed by atoms with Gasteiger partial charge < -0.3 is 24.8 Å². The van der Waals surface area contributed by atoms with Crippen LogP contribution in [0.3, 0.4) is 0 Å². The largest absolute Gasteiger partial charge is 0.394 e. The van der Waals surface area contributed by atoms with Gasteiger partial charge >= 0.3 is 0 Å². The van der Waals surface area contributed by atoms with Crippen LogP contribution < -0.4 is 0 Å². The maximum atomic E-state index is 9.38. The lowest BCUT2D eigenvalue weighted by molar-refractivity contribution is 0.00208. The number of hydrogen-bond donors (Lipinski definition) is 3. The zero-order valence-corrected chi connectivity index (χ0v) is 11.2. The average molecular weight is 266 g/mol. The fourth-order valence-corrected chi connectivity index (χ4v) is 1.94. The van der Waals surface area contributed by atoms with Crippen LogP contribution in [-0.2, 0) is 9.47 Å². The lowest BCUT2D eigenvalue weighted by atomic mass is 10.0. The molecule has 0 bridgehead atoms. The third kappa shape index (κ3) is 3.90. The summed E-state index contributed by atoms with van der Waals surface area (Å²) in [5, 5.41) is 27.2. The van der Waals surface area contributed by atoms with Gasteiger partial charge in [-0.2, -0.15) is 0 Å². The third-order valence-electron chi connectivity index (χ3n) is 3.36. The molecule has 0 aliphatic carbocycles. The lowest BCUT2D eigenvalue weighted by Crippen LogP contribution is -2.27. The summed E-state index contributed by atoms with van der Waals surface area (Å²) in [6.45, 7) is 4.11. The summed E-state index contributed by atoms with van der Waals surface area (Å²) in [5.41, 5.74) is 0. The third-order valence-corrected chi connectivity index (χ3v) is 3.36. The van der Waals surface area contributed by atoms with Gasteiger partial charge in [-0.15, -0.1) is 0 Å². The summed E-state index contributed by atoms with van der Waals surface area (Å²) in [5.74, 6) is -0.234. The number of ether oxygens (including phenoxy) is 2. The van der Waals surface area contributed by atoms with Crippen LogP contribution in [0, 0.1) is 11.8 Å². The Morgan fingerprint density at radius 2 is 1.50 bits per heavy atom. The fraction of sp³-hybridized carbons (Fsp3) is 1.00. The van der Waals surface area contributed by atoms with Crippen LogP contribution in [-0.4, -0.2) is 59.5 Å². The molecule has 2 unspecified atom stereocenters. The van der Waals surface area contributed by atoms with E-state index in [2.05, 4.69) is 0 Å². The van der Waals surface area contributed by atoms with Crippen LogP contribution in [0.4, 0.5) is 0 Å². The van der Waals surface area contributed by atoms with Crippen molar-refractivity contribution in [1.29, 1.82) is 0 Å². The van der Waals surface area contributed by atoms with Crippen LogP contribution >= 0.6 is 0 Å². The van der Waals surface area contributed by atoms with Crippen LogP contribution in [0.2, 0.25) is 0 Å². The van der Waals surface area contributed by atoms with Gasteiger partial charge in [-0.25, -0.2) is 0 Å². The number of aliphatic hydroxyl groups is 3. The molecular weight excluding hydrogens is 236 g/mol. The van der Waals surface area contributed by atoms with Gasteiger partial charge in [0.1, 0.15) is 6.10 Å². The van der Waals surface area contributed by atoms with Crippen molar-refractivity contribution in [2.24, 2.45) is 11.8 Å². The molecule has 0 radical (unpaired) electrons. The first-order valence-corrected chi connectivity index (χ1v) is 6.45. The molecule has 5 nitrogen and oxygen atoms in total. The molecule has 0 aromatic carbocycles. The molecule has 2 aliphatic heterocycles. The van der Waals surface area contributed by atoms with E-state index in [0.29, 0.717) is 0 Å². The standard InChI is InChI=1S/C7H14O2.C6H12O3/c1-3-6-7(8)5(2)4-9-6;1-4-3-9-5(2-7)6(4)8/h5-8H,3-4H2,1-2H3;4-8H,2-3H2,1H3/t5-,6-,7?;4-,5-,6?/m11/s1/i4T;3T/t4-,5+,6+,7?;3-,4+,5+,6?/m00. The summed E-state index contributed by atoms with van der Waals surface area (Å²) in [4.78, 5) is 0. The molecular formula is C13H26O5. The number of hydrogen-bond acceptors (Lipinski definition) is 5. The first kappa shape index (κ1) is 12.8. The van der Waals surface area contributed by atoms with Gasteiger partial charge in [0.2, 0.25) is 0 Å². The Bertz CT molecular complexity index is 266. The lowest BCUT2D eigenvalue weighted by Gasteiger charge is -2.11. The van der Waals surface area contributed by atoms with E-state index >= 15 is 0 Å². The first-order chi connectivity index (χ1) is 9.33. The average Bonchev–Trinajstić information content (AvgIpc) is 2.84. The first-order valence-electron chi connectivity index (χ1n) is 7.61. The van der Waals surface area contributed by atoms with Crippen LogP contribution in [0.25, 0.3) is 0 Å². The van der Waals surface area contributed by atoms with Gasteiger partial charge in [-0.3, -0.25) is 0 Å². The second-order valence-electron chi connectivity index (χ2n) is 4.91. The Labute approximate surface area is 112 Å². The summed E-state index contributed by atoms with van der Waals surface area (Å²) < 4.78 is 24.6. The van der Waals surface area contributed by atoms with Gasteiger partial charge in [0.25, 0.3) is 0 Å². The van der Waals surface area contributed by atoms with Crippen LogP contribution in [0.1, 0.15) is 29.9 Å². The molecule has 8 atom stereocenters. The monoisotopic (exact) mass is 266 g/mol. The van der Waals surface area contributed by atoms with E-state index in [4.69, 9.17) is 17.3 Å². The predicted molar refractivity (Wildman–Crippen MR) is 67.2 cm³/mol. The topological polar surface area (TPSA) is 79.2 Å². The molecule has 0 spiro atoms. The molecule has 0 aromatic rings. The van der Waals surface area contributed by atoms with Crippen molar-refractivity contribution in [2.75, 3.05) is 19.8 Å². The Morgan fingerprint density at radius 1 is 1.06 bits per heavy atom. The Morgan fingerprint density at radius 3 is 1.67 bits per heavy atom. The van der Waals surface area contributed by atoms with E-state index < -0.39 is 31.5 Å². The molecule has 2 heterocycles. The Kier molecular flexibility index (Phi) is 5.27. The minimum absolute atomic E-state index is 0.0371. The number of aliphatic hydroxyl groups excluding tert-OH is 3. The van der Waals surface area contributed by atoms with Crippen molar-refractivity contribution in [1.82, 2.24) is 0 Å². The van der Waals surface area contributed by atoms with Crippen LogP contribution in [0.5, 0.6) is 0 Å². The SMILES string of the molecule is [3H][C@@H]1O[C@H](CC)C(O)[C@@H]1C.[3H][C@@H]1O[C@H](CO)C(O)[C@@H]1C. The molecule has 2 rings (SSSR count). The zero-order chi connectivity index (χ0) is 15.4. The van der Waals surface area contributed by atoms with Crippen molar-refractivity contribution in [3.63, 3.8) is 0 Å². The normalized spacial score (nSPS) is 53.4. The molecule has 5 heteroatoms. The highest BCUT2D eigenvalue weighted by molar-refractivity contribution is 4.80. The molecule has 2 aliphatic rings. The van der Waals surface area contributed by atoms with Gasteiger partial charge in [0.05, 0.1) is 40.8 Å². The maximum Gasteiger partial charge on any atom is 0.107 e. The Hall–Kier alpha value is -0.200. The minimum atomic E-state index is -0.688. The van der Waals surface area contributed by atoms with Gasteiger partial charge in [0, 0.05) is 11.8 Å². The highest BCUT2D eigenvalue weighted by Gasteiger charge is 2.32. The second-order valence-corrected chi connectivity index (χ2v) is 4.91. The molecule has 0 saturated carbocycles. The zero-order valence-electron chi connectivity index (χ0n) is 13.2. The highest BCUT2D eigenvalue weighted by Crippen LogP contribution is 2.21. The summed E-state index contributed by atoms with van der Waals surface area (Å²) in [6, 6.07) is 0. The summed E-state index contributed by atoms with van der Waals surface area (Å²) in [6.07, 6.45) is -1.00. The van der Waals surface area contributed by atoms with E-state index in [-0.39, 0.29) is 24.5 Å². The van der Waals surface area contributed by atoms with Gasteiger partial charge in [-0.05, 0) is 6.42 Å². The second kappa shape index (κ2) is 7.40. The van der Waals surface area contributed by atoms with E-state index in [0.717, 1.165) is 6.42 Å². The maximum absolute atomic E-state index is 9.38. The van der Waals surface area contributed by atoms with E-state index in [9.17, 15) is 10.2 Å². The predicted octanol–water partition coefficient (Wildman–Crippen LogP) is 0.167. The van der Waals surface area contributed by atoms with Crippen molar-refractivity contribution in [2.45, 2.75) is 51.6 Å². The quantitative estimate of drug-likeness (QED) is 0.664. The molecule has 2 fully saturated rings. The smallest absolute Gasteiger partial charge is 0.107 e. The van der Waals surface area contributed by atoms with Crippen LogP contribution in [0.15, 0.2) is 0 Å². The van der Waals surface area contributed by atoms with Crippen molar-refractivity contribution < 1.29 is 27.5 Å². The van der Waals surface area contributed by atoms with E-state index in [1.807, 2.05) is 13.8 Å². The Balaban J connectivity index is 0.000000200. The molecule has 3 N–H and O–H groups in total. The van der Waals surface area contributed by atoms with Crippen molar-refractivity contribution in [3.8, 4) is 0 Å². The highest BCUT2D eigenvalue weighted by atomic mass is 16.5. The van der Waals surface area contributed by atoms with E-state index in [1.165, 1.54) is 0 Å². The molecule has 0 aromatic heterocycles. The summed E-state index contributed by atoms with van der Waals surface area (Å²) in [7, 11) is 0. The molecule has 18 heavy (non-hydrogen) atoms. The van der Waals surface area contributed by atoms with Crippen molar-refractivity contribution >= 4 is 0 Å².